The Labute approximate surface area is 271 Å². The van der Waals surface area contributed by atoms with Crippen molar-refractivity contribution in [3.05, 3.63) is 83.4 Å². The lowest BCUT2D eigenvalue weighted by molar-refractivity contribution is -0.140. The predicted molar refractivity (Wildman–Crippen MR) is 176 cm³/mol. The largest absolute Gasteiger partial charge is 0.497 e. The van der Waals surface area contributed by atoms with Crippen molar-refractivity contribution in [1.82, 2.24) is 10.2 Å². The van der Waals surface area contributed by atoms with Gasteiger partial charge in [-0.1, -0.05) is 49.9 Å². The van der Waals surface area contributed by atoms with Crippen LogP contribution in [0.3, 0.4) is 0 Å². The zero-order valence-electron chi connectivity index (χ0n) is 26.1. The third-order valence-electron chi connectivity index (χ3n) is 7.94. The first-order chi connectivity index (χ1) is 21.7. The molecule has 45 heavy (non-hydrogen) atoms. The highest BCUT2D eigenvalue weighted by Gasteiger charge is 2.34. The van der Waals surface area contributed by atoms with Gasteiger partial charge in [-0.25, -0.2) is 8.42 Å². The molecule has 1 aliphatic rings. The topological polar surface area (TPSA) is 105 Å². The van der Waals surface area contributed by atoms with Crippen molar-refractivity contribution in [2.24, 2.45) is 0 Å². The van der Waals surface area contributed by atoms with Gasteiger partial charge in [0.1, 0.15) is 24.1 Å². The van der Waals surface area contributed by atoms with Crippen LogP contribution in [-0.4, -0.2) is 57.5 Å². The minimum Gasteiger partial charge on any atom is -0.497 e. The number of anilines is 1. The lowest BCUT2D eigenvalue weighted by Crippen LogP contribution is -2.54. The summed E-state index contributed by atoms with van der Waals surface area (Å²) in [4.78, 5) is 29.5. The summed E-state index contributed by atoms with van der Waals surface area (Å²) in [5.41, 5.74) is 1.03. The number of carbonyl (C=O) groups excluding carboxylic acids is 2. The van der Waals surface area contributed by atoms with Crippen LogP contribution in [0.1, 0.15) is 57.9 Å². The second-order valence-electron chi connectivity index (χ2n) is 11.0. The quantitative estimate of drug-likeness (QED) is 0.222. The van der Waals surface area contributed by atoms with Crippen LogP contribution >= 0.6 is 11.6 Å². The van der Waals surface area contributed by atoms with Crippen molar-refractivity contribution in [1.29, 1.82) is 0 Å². The molecule has 0 bridgehead atoms. The Morgan fingerprint density at radius 1 is 0.956 bits per heavy atom. The molecule has 0 aromatic heterocycles. The highest BCUT2D eigenvalue weighted by atomic mass is 35.5. The van der Waals surface area contributed by atoms with Crippen LogP contribution in [0.4, 0.5) is 5.69 Å². The van der Waals surface area contributed by atoms with Gasteiger partial charge >= 0.3 is 0 Å². The fourth-order valence-corrected chi connectivity index (χ4v) is 7.11. The van der Waals surface area contributed by atoms with E-state index < -0.39 is 28.5 Å². The molecule has 1 aliphatic carbocycles. The fraction of sp³-hybridized carbons (Fsp3) is 0.412. The third kappa shape index (κ3) is 8.92. The number of amides is 2. The van der Waals surface area contributed by atoms with Crippen LogP contribution in [0.5, 0.6) is 11.5 Å². The van der Waals surface area contributed by atoms with Gasteiger partial charge in [-0.2, -0.15) is 0 Å². The minimum atomic E-state index is -4.22. The van der Waals surface area contributed by atoms with Crippen LogP contribution < -0.4 is 19.1 Å². The van der Waals surface area contributed by atoms with Crippen LogP contribution in [0.15, 0.2) is 77.7 Å². The lowest BCUT2D eigenvalue weighted by Gasteiger charge is -2.34. The summed E-state index contributed by atoms with van der Waals surface area (Å²) >= 11 is 6.05. The maximum atomic E-state index is 14.3. The van der Waals surface area contributed by atoms with E-state index in [1.165, 1.54) is 29.2 Å². The SMILES string of the molecule is CCOc1ccc(N(CC(=O)N(Cc2cccc(OC)c2)[C@@H](CC)C(=O)NC2CCCCC2)S(=O)(=O)c2ccc(Cl)cc2)cc1. The zero-order chi connectivity index (χ0) is 32.4. The number of benzene rings is 3. The molecule has 0 spiro atoms. The van der Waals surface area contributed by atoms with Crippen LogP contribution in [0.2, 0.25) is 5.02 Å². The van der Waals surface area contributed by atoms with Crippen LogP contribution in [0, 0.1) is 0 Å². The molecule has 2 amide bonds. The molecule has 11 heteroatoms. The normalized spacial score (nSPS) is 14.3. The van der Waals surface area contributed by atoms with Crippen LogP contribution in [0.25, 0.3) is 0 Å². The molecule has 3 aromatic rings. The maximum absolute atomic E-state index is 14.3. The first kappa shape index (κ1) is 34.1. The second kappa shape index (κ2) is 16.0. The van der Waals surface area contributed by atoms with Gasteiger partial charge in [-0.05, 0) is 92.4 Å². The molecule has 0 heterocycles. The van der Waals surface area contributed by atoms with Crippen molar-refractivity contribution >= 4 is 39.1 Å². The van der Waals surface area contributed by atoms with E-state index in [9.17, 15) is 18.0 Å². The molecule has 4 rings (SSSR count). The van der Waals surface area contributed by atoms with Gasteiger partial charge in [0.2, 0.25) is 11.8 Å². The van der Waals surface area contributed by atoms with E-state index in [1.54, 1.807) is 43.5 Å². The summed E-state index contributed by atoms with van der Waals surface area (Å²) in [5.74, 6) is 0.422. The Morgan fingerprint density at radius 3 is 2.27 bits per heavy atom. The summed E-state index contributed by atoms with van der Waals surface area (Å²) in [5, 5.41) is 3.55. The van der Waals surface area contributed by atoms with Gasteiger partial charge < -0.3 is 19.7 Å². The molecule has 3 aromatic carbocycles. The predicted octanol–water partition coefficient (Wildman–Crippen LogP) is 6.20. The number of hydrogen-bond donors (Lipinski definition) is 1. The van der Waals surface area contributed by atoms with Crippen LogP contribution in [-0.2, 0) is 26.2 Å². The van der Waals surface area contributed by atoms with E-state index >= 15 is 0 Å². The number of methoxy groups -OCH3 is 1. The standard InChI is InChI=1S/C34H42ClN3O6S/c1-4-32(34(40)36-27-11-7-6-8-12-27)37(23-25-10-9-13-30(22-25)43-3)33(39)24-38(28-16-18-29(19-17-28)44-5-2)45(41,42)31-20-14-26(35)15-21-31/h9-10,13-22,27,32H,4-8,11-12,23-24H2,1-3H3,(H,36,40)/t32-/m0/s1. The number of rotatable bonds is 14. The number of hydrogen-bond acceptors (Lipinski definition) is 6. The highest BCUT2D eigenvalue weighted by Crippen LogP contribution is 2.28. The molecule has 1 saturated carbocycles. The minimum absolute atomic E-state index is 0.0185. The third-order valence-corrected chi connectivity index (χ3v) is 9.98. The van der Waals surface area contributed by atoms with Crippen molar-refractivity contribution in [3.8, 4) is 11.5 Å². The number of carbonyl (C=O) groups is 2. The zero-order valence-corrected chi connectivity index (χ0v) is 27.6. The fourth-order valence-electron chi connectivity index (χ4n) is 5.57. The average Bonchev–Trinajstić information content (AvgIpc) is 3.04. The van der Waals surface area contributed by atoms with E-state index in [-0.39, 0.29) is 29.1 Å². The Kier molecular flexibility index (Phi) is 12.1. The molecule has 0 unspecified atom stereocenters. The van der Waals surface area contributed by atoms with Gasteiger partial charge in [-0.3, -0.25) is 13.9 Å². The monoisotopic (exact) mass is 655 g/mol. The summed E-state index contributed by atoms with van der Waals surface area (Å²) in [6, 6.07) is 18.8. The highest BCUT2D eigenvalue weighted by molar-refractivity contribution is 7.92. The molecular formula is C34H42ClN3O6S. The van der Waals surface area contributed by atoms with Gasteiger partial charge in [-0.15, -0.1) is 0 Å². The number of ether oxygens (including phenoxy) is 2. The Hall–Kier alpha value is -3.76. The van der Waals surface area contributed by atoms with Gasteiger partial charge in [0.15, 0.2) is 0 Å². The molecule has 1 atom stereocenters. The Bertz CT molecular complexity index is 1530. The lowest BCUT2D eigenvalue weighted by atomic mass is 9.95. The van der Waals surface area contributed by atoms with Gasteiger partial charge in [0.05, 0.1) is 24.3 Å². The number of halogens is 1. The van der Waals surface area contributed by atoms with E-state index in [0.717, 1.165) is 42.0 Å². The first-order valence-electron chi connectivity index (χ1n) is 15.4. The van der Waals surface area contributed by atoms with Crippen molar-refractivity contribution in [2.45, 2.75) is 75.9 Å². The molecule has 0 aliphatic heterocycles. The second-order valence-corrected chi connectivity index (χ2v) is 13.3. The molecular weight excluding hydrogens is 614 g/mol. The molecule has 1 fully saturated rings. The summed E-state index contributed by atoms with van der Waals surface area (Å²) in [6.07, 6.45) is 5.39. The first-order valence-corrected chi connectivity index (χ1v) is 17.2. The maximum Gasteiger partial charge on any atom is 0.264 e. The van der Waals surface area contributed by atoms with E-state index in [2.05, 4.69) is 5.32 Å². The number of nitrogens with zero attached hydrogens (tertiary/aromatic N) is 2. The van der Waals surface area contributed by atoms with E-state index in [0.29, 0.717) is 29.5 Å². The van der Waals surface area contributed by atoms with E-state index in [4.69, 9.17) is 21.1 Å². The molecule has 0 radical (unpaired) electrons. The number of sulfonamides is 1. The summed E-state index contributed by atoms with van der Waals surface area (Å²) < 4.78 is 40.2. The van der Waals surface area contributed by atoms with Gasteiger partial charge in [0, 0.05) is 17.6 Å². The number of nitrogens with one attached hydrogen (secondary N) is 1. The Morgan fingerprint density at radius 2 is 1.64 bits per heavy atom. The molecule has 242 valence electrons. The van der Waals surface area contributed by atoms with Crippen molar-refractivity contribution in [2.75, 3.05) is 24.6 Å². The summed E-state index contributed by atoms with van der Waals surface area (Å²) in [7, 11) is -2.66. The van der Waals surface area contributed by atoms with E-state index in [1.807, 2.05) is 26.0 Å². The molecule has 9 nitrogen and oxygen atoms in total. The average molecular weight is 656 g/mol. The Balaban J connectivity index is 1.72. The van der Waals surface area contributed by atoms with Gasteiger partial charge in [0.25, 0.3) is 10.0 Å². The van der Waals surface area contributed by atoms with Crippen molar-refractivity contribution in [3.63, 3.8) is 0 Å². The molecule has 0 saturated heterocycles. The molecule has 1 N–H and O–H groups in total. The summed E-state index contributed by atoms with van der Waals surface area (Å²) in [6.45, 7) is 3.72. The smallest absolute Gasteiger partial charge is 0.264 e. The van der Waals surface area contributed by atoms with Crippen molar-refractivity contribution < 1.29 is 27.5 Å².